The predicted molar refractivity (Wildman–Crippen MR) is 77.8 cm³/mol. The van der Waals surface area contributed by atoms with Gasteiger partial charge >= 0.3 is 0 Å². The van der Waals surface area contributed by atoms with Crippen LogP contribution in [0.2, 0.25) is 0 Å². The van der Waals surface area contributed by atoms with E-state index in [2.05, 4.69) is 52.0 Å². The largest absolute Gasteiger partial charge is 0.323 e. The quantitative estimate of drug-likeness (QED) is 0.824. The van der Waals surface area contributed by atoms with Crippen molar-refractivity contribution in [2.24, 2.45) is 5.73 Å². The van der Waals surface area contributed by atoms with Gasteiger partial charge in [-0.05, 0) is 36.5 Å². The Labute approximate surface area is 109 Å². The number of hydrogen-bond acceptors (Lipinski definition) is 2. The van der Waals surface area contributed by atoms with Crippen molar-refractivity contribution in [1.82, 2.24) is 4.98 Å². The van der Waals surface area contributed by atoms with E-state index in [1.54, 1.807) is 0 Å². The van der Waals surface area contributed by atoms with E-state index in [-0.39, 0.29) is 11.5 Å². The Kier molecular flexibility index (Phi) is 3.16. The number of rotatable bonds is 1. The van der Waals surface area contributed by atoms with Gasteiger partial charge in [0.15, 0.2) is 0 Å². The van der Waals surface area contributed by atoms with Crippen molar-refractivity contribution in [2.75, 3.05) is 0 Å². The zero-order valence-corrected chi connectivity index (χ0v) is 11.9. The van der Waals surface area contributed by atoms with Gasteiger partial charge in [-0.2, -0.15) is 0 Å². The number of hydrogen-bond donors (Lipinski definition) is 1. The number of aryl methyl sites for hydroxylation is 1. The lowest BCUT2D eigenvalue weighted by Gasteiger charge is -2.22. The molecule has 0 saturated heterocycles. The van der Waals surface area contributed by atoms with Crippen LogP contribution in [0.4, 0.5) is 0 Å². The van der Waals surface area contributed by atoms with Crippen LogP contribution in [0.3, 0.4) is 0 Å². The van der Waals surface area contributed by atoms with Crippen LogP contribution in [0.1, 0.15) is 50.6 Å². The molecule has 0 bridgehead atoms. The lowest BCUT2D eigenvalue weighted by Crippen LogP contribution is -2.14. The minimum absolute atomic E-state index is 0.0267. The van der Waals surface area contributed by atoms with Crippen molar-refractivity contribution >= 4 is 10.9 Å². The summed E-state index contributed by atoms with van der Waals surface area (Å²) in [6.45, 7) is 10.8. The smallest absolute Gasteiger partial charge is 0.0745 e. The van der Waals surface area contributed by atoms with Gasteiger partial charge < -0.3 is 5.73 Å². The van der Waals surface area contributed by atoms with Crippen molar-refractivity contribution in [3.8, 4) is 0 Å². The van der Waals surface area contributed by atoms with Crippen LogP contribution >= 0.6 is 0 Å². The summed E-state index contributed by atoms with van der Waals surface area (Å²) in [6.07, 6.45) is 0. The number of aromatic nitrogens is 1. The Morgan fingerprint density at radius 3 is 2.44 bits per heavy atom. The number of fused-ring (bicyclic) bond motifs is 1. The first-order valence-corrected chi connectivity index (χ1v) is 6.47. The van der Waals surface area contributed by atoms with Crippen LogP contribution in [0, 0.1) is 6.92 Å². The van der Waals surface area contributed by atoms with Gasteiger partial charge in [0.1, 0.15) is 0 Å². The lowest BCUT2D eigenvalue weighted by atomic mass is 9.85. The molecule has 0 saturated carbocycles. The Hall–Kier alpha value is -1.41. The molecule has 2 heteroatoms. The SMILES string of the molecule is Cc1cc(C(C)N)nc2c(C(C)(C)C)cccc12. The van der Waals surface area contributed by atoms with Crippen LogP contribution in [0.25, 0.3) is 10.9 Å². The standard InChI is InChI=1S/C16H22N2/c1-10-9-14(11(2)17)18-15-12(10)7-6-8-13(15)16(3,4)5/h6-9,11H,17H2,1-5H3. The minimum atomic E-state index is -0.0267. The fourth-order valence-electron chi connectivity index (χ4n) is 2.28. The fraction of sp³-hybridized carbons (Fsp3) is 0.438. The number of nitrogens with two attached hydrogens (primary N) is 1. The zero-order chi connectivity index (χ0) is 13.5. The van der Waals surface area contributed by atoms with Crippen molar-refractivity contribution in [3.05, 3.63) is 41.1 Å². The van der Waals surface area contributed by atoms with Crippen molar-refractivity contribution < 1.29 is 0 Å². The molecule has 2 rings (SSSR count). The topological polar surface area (TPSA) is 38.9 Å². The highest BCUT2D eigenvalue weighted by atomic mass is 14.8. The zero-order valence-electron chi connectivity index (χ0n) is 11.9. The Balaban J connectivity index is 2.82. The first-order valence-electron chi connectivity index (χ1n) is 6.47. The molecule has 96 valence electrons. The maximum absolute atomic E-state index is 5.97. The van der Waals surface area contributed by atoms with Crippen molar-refractivity contribution in [1.29, 1.82) is 0 Å². The molecule has 1 heterocycles. The second kappa shape index (κ2) is 4.36. The van der Waals surface area contributed by atoms with Crippen LogP contribution in [-0.2, 0) is 5.41 Å². The molecule has 0 amide bonds. The molecule has 1 aromatic carbocycles. The van der Waals surface area contributed by atoms with Gasteiger partial charge in [0, 0.05) is 11.4 Å². The molecule has 18 heavy (non-hydrogen) atoms. The van der Waals surface area contributed by atoms with Crippen molar-refractivity contribution in [3.63, 3.8) is 0 Å². The van der Waals surface area contributed by atoms with Gasteiger partial charge in [0.2, 0.25) is 0 Å². The molecule has 0 aliphatic rings. The van der Waals surface area contributed by atoms with E-state index in [0.717, 1.165) is 11.2 Å². The molecule has 0 fully saturated rings. The van der Waals surface area contributed by atoms with Gasteiger partial charge in [0.05, 0.1) is 11.2 Å². The molecule has 0 radical (unpaired) electrons. The second-order valence-corrected chi connectivity index (χ2v) is 6.10. The average Bonchev–Trinajstić information content (AvgIpc) is 2.26. The monoisotopic (exact) mass is 242 g/mol. The molecular weight excluding hydrogens is 220 g/mol. The van der Waals surface area contributed by atoms with E-state index in [1.807, 2.05) is 6.92 Å². The summed E-state index contributed by atoms with van der Waals surface area (Å²) in [6, 6.07) is 8.49. The van der Waals surface area contributed by atoms with Crippen molar-refractivity contribution in [2.45, 2.75) is 46.1 Å². The molecule has 0 spiro atoms. The highest BCUT2D eigenvalue weighted by Gasteiger charge is 2.18. The summed E-state index contributed by atoms with van der Waals surface area (Å²) in [5, 5.41) is 1.23. The molecule has 1 atom stereocenters. The van der Waals surface area contributed by atoms with Gasteiger partial charge in [-0.3, -0.25) is 4.98 Å². The molecule has 0 aliphatic heterocycles. The third kappa shape index (κ3) is 2.25. The van der Waals surface area contributed by atoms with Crippen LogP contribution in [0.15, 0.2) is 24.3 Å². The molecule has 2 aromatic rings. The highest BCUT2D eigenvalue weighted by Crippen LogP contribution is 2.31. The highest BCUT2D eigenvalue weighted by molar-refractivity contribution is 5.86. The van der Waals surface area contributed by atoms with Crippen LogP contribution in [0.5, 0.6) is 0 Å². The first-order chi connectivity index (χ1) is 8.30. The summed E-state index contributed by atoms with van der Waals surface area (Å²) in [5.41, 5.74) is 10.7. The number of pyridine rings is 1. The molecule has 1 unspecified atom stereocenters. The Bertz CT molecular complexity index is 577. The third-order valence-corrected chi connectivity index (χ3v) is 3.34. The van der Waals surface area contributed by atoms with E-state index >= 15 is 0 Å². The second-order valence-electron chi connectivity index (χ2n) is 6.10. The number of para-hydroxylation sites is 1. The van der Waals surface area contributed by atoms with Crippen LogP contribution < -0.4 is 5.73 Å². The van der Waals surface area contributed by atoms with Gasteiger partial charge in [-0.1, -0.05) is 39.0 Å². The van der Waals surface area contributed by atoms with E-state index < -0.39 is 0 Å². The first kappa shape index (κ1) is 13.0. The molecular formula is C16H22N2. The number of benzene rings is 1. The summed E-state index contributed by atoms with van der Waals surface area (Å²) in [7, 11) is 0. The van der Waals surface area contributed by atoms with E-state index in [0.29, 0.717) is 0 Å². The maximum Gasteiger partial charge on any atom is 0.0745 e. The summed E-state index contributed by atoms with van der Waals surface area (Å²) in [4.78, 5) is 4.78. The van der Waals surface area contributed by atoms with Gasteiger partial charge in [0.25, 0.3) is 0 Å². The molecule has 2 N–H and O–H groups in total. The van der Waals surface area contributed by atoms with Gasteiger partial charge in [-0.15, -0.1) is 0 Å². The van der Waals surface area contributed by atoms with E-state index in [1.165, 1.54) is 16.5 Å². The predicted octanol–water partition coefficient (Wildman–Crippen LogP) is 3.86. The molecule has 0 aliphatic carbocycles. The van der Waals surface area contributed by atoms with E-state index in [9.17, 15) is 0 Å². The molecule has 2 nitrogen and oxygen atoms in total. The summed E-state index contributed by atoms with van der Waals surface area (Å²) < 4.78 is 0. The third-order valence-electron chi connectivity index (χ3n) is 3.34. The normalized spacial score (nSPS) is 13.9. The average molecular weight is 242 g/mol. The lowest BCUT2D eigenvalue weighted by molar-refractivity contribution is 0.594. The summed E-state index contributed by atoms with van der Waals surface area (Å²) in [5.74, 6) is 0. The van der Waals surface area contributed by atoms with Crippen LogP contribution in [-0.4, -0.2) is 4.98 Å². The summed E-state index contributed by atoms with van der Waals surface area (Å²) >= 11 is 0. The fourth-order valence-corrected chi connectivity index (χ4v) is 2.28. The minimum Gasteiger partial charge on any atom is -0.323 e. The van der Waals surface area contributed by atoms with Gasteiger partial charge in [-0.25, -0.2) is 0 Å². The Morgan fingerprint density at radius 1 is 1.22 bits per heavy atom. The molecule has 1 aromatic heterocycles. The Morgan fingerprint density at radius 2 is 1.89 bits per heavy atom. The maximum atomic E-state index is 5.97. The number of nitrogens with zero attached hydrogens (tertiary/aromatic N) is 1. The van der Waals surface area contributed by atoms with E-state index in [4.69, 9.17) is 10.7 Å².